The molecule has 1 aliphatic heterocycles. The van der Waals surface area contributed by atoms with Crippen LogP contribution in [0.3, 0.4) is 0 Å². The molecule has 0 amide bonds. The summed E-state index contributed by atoms with van der Waals surface area (Å²) in [5.74, 6) is 1.98. The molecule has 0 aromatic carbocycles. The maximum atomic E-state index is 10.6. The molecule has 1 heterocycles. The quantitative estimate of drug-likeness (QED) is 0.680. The molecule has 5 rings (SSSR count). The van der Waals surface area contributed by atoms with Crippen LogP contribution in [0.1, 0.15) is 65.2 Å². The number of hydrogen-bond donors (Lipinski definition) is 1. The lowest BCUT2D eigenvalue weighted by Crippen LogP contribution is -2.52. The summed E-state index contributed by atoms with van der Waals surface area (Å²) in [6, 6.07) is 0. The van der Waals surface area contributed by atoms with Crippen molar-refractivity contribution in [3.63, 3.8) is 0 Å². The average molecular weight is 332 g/mol. The molecule has 0 aromatic heterocycles. The maximum absolute atomic E-state index is 10.6. The maximum Gasteiger partial charge on any atom is 0.172 e. The number of aliphatic hydroxyl groups excluding tert-OH is 1. The molecule has 0 radical (unpaired) electrons. The van der Waals surface area contributed by atoms with Gasteiger partial charge < -0.3 is 14.6 Å². The Morgan fingerprint density at radius 3 is 2.58 bits per heavy atom. The molecule has 4 fully saturated rings. The molecule has 24 heavy (non-hydrogen) atoms. The zero-order valence-electron chi connectivity index (χ0n) is 15.2. The van der Waals surface area contributed by atoms with Crippen LogP contribution in [0.2, 0.25) is 0 Å². The number of hydrogen-bond acceptors (Lipinski definition) is 3. The van der Waals surface area contributed by atoms with E-state index >= 15 is 0 Å². The zero-order valence-corrected chi connectivity index (χ0v) is 15.2. The van der Waals surface area contributed by atoms with Crippen molar-refractivity contribution >= 4 is 0 Å². The molecule has 1 N–H and O–H groups in total. The van der Waals surface area contributed by atoms with Crippen molar-refractivity contribution in [3.8, 4) is 0 Å². The van der Waals surface area contributed by atoms with Crippen molar-refractivity contribution in [1.29, 1.82) is 0 Å². The highest BCUT2D eigenvalue weighted by molar-refractivity contribution is 5.26. The number of aliphatic hydroxyl groups is 1. The van der Waals surface area contributed by atoms with E-state index < -0.39 is 0 Å². The Bertz CT molecular complexity index is 563. The third-order valence-corrected chi connectivity index (χ3v) is 8.87. The highest BCUT2D eigenvalue weighted by Gasteiger charge is 2.60. The van der Waals surface area contributed by atoms with Crippen LogP contribution >= 0.6 is 0 Å². The van der Waals surface area contributed by atoms with Crippen LogP contribution in [0, 0.1) is 28.6 Å². The van der Waals surface area contributed by atoms with E-state index in [2.05, 4.69) is 19.9 Å². The molecule has 1 spiro atoms. The summed E-state index contributed by atoms with van der Waals surface area (Å²) in [7, 11) is 0. The van der Waals surface area contributed by atoms with E-state index in [1.54, 1.807) is 5.57 Å². The molecule has 5 aliphatic rings. The predicted molar refractivity (Wildman–Crippen MR) is 92.3 cm³/mol. The van der Waals surface area contributed by atoms with Gasteiger partial charge in [-0.2, -0.15) is 0 Å². The number of rotatable bonds is 0. The van der Waals surface area contributed by atoms with Crippen molar-refractivity contribution in [1.82, 2.24) is 0 Å². The van der Waals surface area contributed by atoms with Crippen molar-refractivity contribution in [2.45, 2.75) is 77.1 Å². The number of allylic oxidation sites excluding steroid dienone is 1. The van der Waals surface area contributed by atoms with E-state index in [1.165, 1.54) is 32.1 Å². The topological polar surface area (TPSA) is 38.7 Å². The first kappa shape index (κ1) is 15.8. The largest absolute Gasteiger partial charge is 0.393 e. The third-order valence-electron chi connectivity index (χ3n) is 8.87. The van der Waals surface area contributed by atoms with Gasteiger partial charge in [-0.3, -0.25) is 0 Å². The molecule has 0 bridgehead atoms. The highest BCUT2D eigenvalue weighted by Crippen LogP contribution is 2.65. The smallest absolute Gasteiger partial charge is 0.172 e. The minimum Gasteiger partial charge on any atom is -0.393 e. The molecular formula is C21H32O3. The summed E-state index contributed by atoms with van der Waals surface area (Å²) >= 11 is 0. The molecule has 0 aromatic rings. The first-order chi connectivity index (χ1) is 11.5. The van der Waals surface area contributed by atoms with Crippen LogP contribution < -0.4 is 0 Å². The summed E-state index contributed by atoms with van der Waals surface area (Å²) in [5.41, 5.74) is 2.12. The van der Waals surface area contributed by atoms with E-state index in [-0.39, 0.29) is 17.3 Å². The summed E-state index contributed by atoms with van der Waals surface area (Å²) < 4.78 is 12.0. The van der Waals surface area contributed by atoms with Gasteiger partial charge in [-0.1, -0.05) is 25.5 Å². The third kappa shape index (κ3) is 1.95. The number of ether oxygens (including phenoxy) is 2. The van der Waals surface area contributed by atoms with Gasteiger partial charge in [-0.25, -0.2) is 0 Å². The summed E-state index contributed by atoms with van der Waals surface area (Å²) in [6.07, 6.45) is 11.7. The lowest BCUT2D eigenvalue weighted by atomic mass is 9.47. The van der Waals surface area contributed by atoms with E-state index in [9.17, 15) is 5.11 Å². The van der Waals surface area contributed by atoms with Crippen molar-refractivity contribution in [2.24, 2.45) is 28.6 Å². The molecule has 4 aliphatic carbocycles. The number of fused-ring (bicyclic) bond motifs is 5. The molecule has 3 saturated carbocycles. The molecule has 1 saturated heterocycles. The Balaban J connectivity index is 1.46. The second kappa shape index (κ2) is 5.08. The van der Waals surface area contributed by atoms with Crippen molar-refractivity contribution in [2.75, 3.05) is 13.2 Å². The zero-order chi connectivity index (χ0) is 16.6. The van der Waals surface area contributed by atoms with E-state index in [4.69, 9.17) is 9.47 Å². The van der Waals surface area contributed by atoms with Crippen LogP contribution in [0.4, 0.5) is 0 Å². The van der Waals surface area contributed by atoms with E-state index in [0.29, 0.717) is 5.41 Å². The van der Waals surface area contributed by atoms with Gasteiger partial charge in [0.05, 0.1) is 19.3 Å². The van der Waals surface area contributed by atoms with Crippen LogP contribution in [-0.2, 0) is 9.47 Å². The van der Waals surface area contributed by atoms with Crippen molar-refractivity contribution < 1.29 is 14.6 Å². The standard InChI is InChI=1S/C21H32O3/c1-19-9-10-21(23-11-12-24-21)13-14(19)3-4-15-16-5-6-18(22)20(16,2)8-7-17(15)19/h3,15-18,22H,4-13H2,1-2H3/t15?,16?,17?,18-,19-,20-/m0/s1. The summed E-state index contributed by atoms with van der Waals surface area (Å²) in [6.45, 7) is 6.40. The van der Waals surface area contributed by atoms with Crippen LogP contribution in [-0.4, -0.2) is 30.2 Å². The molecule has 3 unspecified atom stereocenters. The molecule has 3 heteroatoms. The Hall–Kier alpha value is -0.380. The normalized spacial score (nSPS) is 52.5. The average Bonchev–Trinajstić information content (AvgIpc) is 3.14. The van der Waals surface area contributed by atoms with Gasteiger partial charge in [0.2, 0.25) is 0 Å². The molecule has 3 nitrogen and oxygen atoms in total. The summed E-state index contributed by atoms with van der Waals surface area (Å²) in [5, 5.41) is 10.6. The van der Waals surface area contributed by atoms with Gasteiger partial charge in [-0.15, -0.1) is 0 Å². The van der Waals surface area contributed by atoms with Gasteiger partial charge >= 0.3 is 0 Å². The SMILES string of the molecule is C[C@]12CCC3(CC1=CCC1C2CC[C@@]2(C)C1CC[C@@H]2O)OCCO3. The van der Waals surface area contributed by atoms with Gasteiger partial charge in [0, 0.05) is 12.8 Å². The Kier molecular flexibility index (Phi) is 3.35. The van der Waals surface area contributed by atoms with Crippen LogP contribution in [0.15, 0.2) is 11.6 Å². The fourth-order valence-corrected chi connectivity index (χ4v) is 7.32. The highest BCUT2D eigenvalue weighted by atomic mass is 16.7. The first-order valence-electron chi connectivity index (χ1n) is 10.1. The fourth-order valence-electron chi connectivity index (χ4n) is 7.32. The first-order valence-corrected chi connectivity index (χ1v) is 10.1. The molecule has 134 valence electrons. The Morgan fingerprint density at radius 2 is 1.79 bits per heavy atom. The Labute approximate surface area is 145 Å². The second-order valence-electron chi connectivity index (χ2n) is 9.68. The molecule has 6 atom stereocenters. The second-order valence-corrected chi connectivity index (χ2v) is 9.68. The van der Waals surface area contributed by atoms with Crippen LogP contribution in [0.25, 0.3) is 0 Å². The monoisotopic (exact) mass is 332 g/mol. The van der Waals surface area contributed by atoms with Gasteiger partial charge in [-0.05, 0) is 67.1 Å². The van der Waals surface area contributed by atoms with Gasteiger partial charge in [0.1, 0.15) is 0 Å². The molecular weight excluding hydrogens is 300 g/mol. The minimum absolute atomic E-state index is 0.0726. The summed E-state index contributed by atoms with van der Waals surface area (Å²) in [4.78, 5) is 0. The Morgan fingerprint density at radius 1 is 1.00 bits per heavy atom. The van der Waals surface area contributed by atoms with E-state index in [1.807, 2.05) is 0 Å². The fraction of sp³-hybridized carbons (Fsp3) is 0.905. The lowest BCUT2D eigenvalue weighted by Gasteiger charge is -2.58. The van der Waals surface area contributed by atoms with Gasteiger partial charge in [0.15, 0.2) is 5.79 Å². The van der Waals surface area contributed by atoms with Gasteiger partial charge in [0.25, 0.3) is 0 Å². The van der Waals surface area contributed by atoms with E-state index in [0.717, 1.165) is 50.2 Å². The van der Waals surface area contributed by atoms with Crippen molar-refractivity contribution in [3.05, 3.63) is 11.6 Å². The predicted octanol–water partition coefficient (Wildman–Crippen LogP) is 4.05. The van der Waals surface area contributed by atoms with Crippen LogP contribution in [0.5, 0.6) is 0 Å². The minimum atomic E-state index is -0.301. The lowest BCUT2D eigenvalue weighted by molar-refractivity contribution is -0.185.